The van der Waals surface area contributed by atoms with Crippen molar-refractivity contribution in [2.75, 3.05) is 37.6 Å². The summed E-state index contributed by atoms with van der Waals surface area (Å²) < 4.78 is 1.98. The number of halogens is 1. The van der Waals surface area contributed by atoms with Crippen molar-refractivity contribution in [3.63, 3.8) is 0 Å². The van der Waals surface area contributed by atoms with Gasteiger partial charge in [0.25, 0.3) is 5.69 Å². The molecule has 0 aliphatic carbocycles. The first kappa shape index (κ1) is 20.2. The number of carbonyl (C=O) groups is 1. The van der Waals surface area contributed by atoms with Crippen LogP contribution >= 0.6 is 12.4 Å². The van der Waals surface area contributed by atoms with Gasteiger partial charge >= 0.3 is 0 Å². The number of anilines is 1. The zero-order valence-electron chi connectivity index (χ0n) is 15.6. The van der Waals surface area contributed by atoms with Crippen LogP contribution in [0.3, 0.4) is 0 Å². The number of rotatable bonds is 4. The Morgan fingerprint density at radius 1 is 1.39 bits per heavy atom. The molecule has 4 rings (SSSR count). The fourth-order valence-electron chi connectivity index (χ4n) is 3.89. The Bertz CT molecular complexity index is 886. The molecule has 0 saturated carbocycles. The van der Waals surface area contributed by atoms with E-state index < -0.39 is 4.92 Å². The molecule has 0 radical (unpaired) electrons. The summed E-state index contributed by atoms with van der Waals surface area (Å²) in [5.41, 5.74) is 1.66. The molecule has 1 amide bonds. The first-order chi connectivity index (χ1) is 13.0. The minimum Gasteiger partial charge on any atom is -0.337 e. The minimum atomic E-state index is -0.422. The number of amides is 1. The molecule has 1 aromatic heterocycles. The summed E-state index contributed by atoms with van der Waals surface area (Å²) in [6, 6.07) is 4.78. The molecule has 150 valence electrons. The largest absolute Gasteiger partial charge is 0.337 e. The number of benzene rings is 1. The molecular weight excluding hydrogens is 384 g/mol. The van der Waals surface area contributed by atoms with Gasteiger partial charge < -0.3 is 14.8 Å². The molecule has 10 heteroatoms. The topological polar surface area (TPSA) is 96.5 Å². The Morgan fingerprint density at radius 3 is 2.93 bits per heavy atom. The second kappa shape index (κ2) is 8.26. The van der Waals surface area contributed by atoms with E-state index in [9.17, 15) is 14.9 Å². The Kier molecular flexibility index (Phi) is 5.97. The summed E-state index contributed by atoms with van der Waals surface area (Å²) in [4.78, 5) is 31.9. The lowest BCUT2D eigenvalue weighted by molar-refractivity contribution is -0.384. The van der Waals surface area contributed by atoms with Gasteiger partial charge in [0.2, 0.25) is 5.91 Å². The summed E-state index contributed by atoms with van der Waals surface area (Å²) in [5, 5.41) is 14.4. The number of nitrogens with one attached hydrogen (secondary N) is 1. The van der Waals surface area contributed by atoms with Crippen molar-refractivity contribution < 1.29 is 9.72 Å². The highest BCUT2D eigenvalue weighted by molar-refractivity contribution is 5.97. The number of hydrogen-bond donors (Lipinski definition) is 1. The van der Waals surface area contributed by atoms with E-state index >= 15 is 0 Å². The van der Waals surface area contributed by atoms with Crippen molar-refractivity contribution in [3.05, 3.63) is 52.1 Å². The van der Waals surface area contributed by atoms with Crippen molar-refractivity contribution in [3.8, 4) is 0 Å². The monoisotopic (exact) mass is 406 g/mol. The Hall–Kier alpha value is -2.49. The fourth-order valence-corrected chi connectivity index (χ4v) is 3.89. The smallest absolute Gasteiger partial charge is 0.271 e. The van der Waals surface area contributed by atoms with Crippen molar-refractivity contribution in [2.45, 2.75) is 12.5 Å². The Balaban J connectivity index is 0.00000225. The summed E-state index contributed by atoms with van der Waals surface area (Å²) in [6.07, 6.45) is 4.39. The highest BCUT2D eigenvalue weighted by Crippen LogP contribution is 2.32. The average Bonchev–Trinajstić information content (AvgIpc) is 3.27. The first-order valence-electron chi connectivity index (χ1n) is 9.04. The van der Waals surface area contributed by atoms with Gasteiger partial charge in [-0.2, -0.15) is 0 Å². The standard InChI is InChI=1S/C18H22N6O3.ClH/c1-21-8-6-20-18(21)16-11-19-5-9-22(16)12-17(25)23-7-4-13-2-3-14(24(26)27)10-15(13)23;/h2-3,6,8,10,16,19H,4-5,7,9,11-12H2,1H3;1H. The maximum atomic E-state index is 13.0. The van der Waals surface area contributed by atoms with Crippen LogP contribution in [0, 0.1) is 10.1 Å². The molecule has 1 unspecified atom stereocenters. The number of hydrogen-bond acceptors (Lipinski definition) is 6. The van der Waals surface area contributed by atoms with E-state index in [-0.39, 0.29) is 36.6 Å². The molecule has 2 aromatic rings. The van der Waals surface area contributed by atoms with Gasteiger partial charge in [-0.05, 0) is 12.0 Å². The molecule has 2 aliphatic rings. The lowest BCUT2D eigenvalue weighted by atomic mass is 10.1. The highest BCUT2D eigenvalue weighted by atomic mass is 35.5. The van der Waals surface area contributed by atoms with Gasteiger partial charge in [0.15, 0.2) is 0 Å². The molecule has 2 aliphatic heterocycles. The van der Waals surface area contributed by atoms with E-state index in [1.807, 2.05) is 17.8 Å². The maximum absolute atomic E-state index is 13.0. The van der Waals surface area contributed by atoms with Gasteiger partial charge in [0.1, 0.15) is 5.82 Å². The lowest BCUT2D eigenvalue weighted by Crippen LogP contribution is -2.50. The van der Waals surface area contributed by atoms with Crippen LogP contribution in [-0.2, 0) is 18.3 Å². The molecule has 1 aromatic carbocycles. The molecule has 0 bridgehead atoms. The normalized spacial score (nSPS) is 19.2. The number of aryl methyl sites for hydroxylation is 1. The quantitative estimate of drug-likeness (QED) is 0.607. The second-order valence-electron chi connectivity index (χ2n) is 6.95. The molecule has 3 heterocycles. The van der Waals surface area contributed by atoms with Gasteiger partial charge in [-0.1, -0.05) is 6.07 Å². The van der Waals surface area contributed by atoms with E-state index in [1.54, 1.807) is 17.2 Å². The number of nitrogens with zero attached hydrogens (tertiary/aromatic N) is 5. The molecule has 1 atom stereocenters. The van der Waals surface area contributed by atoms with E-state index in [4.69, 9.17) is 0 Å². The summed E-state index contributed by atoms with van der Waals surface area (Å²) >= 11 is 0. The van der Waals surface area contributed by atoms with Crippen LogP contribution < -0.4 is 10.2 Å². The van der Waals surface area contributed by atoms with Crippen molar-refractivity contribution >= 4 is 29.7 Å². The van der Waals surface area contributed by atoms with E-state index in [2.05, 4.69) is 15.2 Å². The SMILES string of the molecule is Cl.Cn1ccnc1C1CNCCN1CC(=O)N1CCc2ccc([N+](=O)[O-])cc21. The van der Waals surface area contributed by atoms with E-state index in [0.717, 1.165) is 37.4 Å². The zero-order valence-corrected chi connectivity index (χ0v) is 16.4. The molecule has 9 nitrogen and oxygen atoms in total. The van der Waals surface area contributed by atoms with Crippen LogP contribution in [0.25, 0.3) is 0 Å². The number of imidazole rings is 1. The zero-order chi connectivity index (χ0) is 19.0. The third kappa shape index (κ3) is 3.73. The van der Waals surface area contributed by atoms with Crippen molar-refractivity contribution in [1.82, 2.24) is 19.8 Å². The molecule has 1 N–H and O–H groups in total. The molecule has 1 fully saturated rings. The second-order valence-corrected chi connectivity index (χ2v) is 6.95. The highest BCUT2D eigenvalue weighted by Gasteiger charge is 2.32. The lowest BCUT2D eigenvalue weighted by Gasteiger charge is -2.36. The summed E-state index contributed by atoms with van der Waals surface area (Å²) in [6.45, 7) is 3.13. The number of nitro benzene ring substituents is 1. The van der Waals surface area contributed by atoms with Crippen LogP contribution in [-0.4, -0.2) is 58.0 Å². The van der Waals surface area contributed by atoms with Gasteiger partial charge in [0, 0.05) is 57.8 Å². The van der Waals surface area contributed by atoms with E-state index in [1.165, 1.54) is 12.1 Å². The number of nitro groups is 1. The van der Waals surface area contributed by atoms with Gasteiger partial charge in [-0.25, -0.2) is 4.98 Å². The average molecular weight is 407 g/mol. The number of non-ortho nitro benzene ring substituents is 1. The van der Waals surface area contributed by atoms with Crippen LogP contribution in [0.2, 0.25) is 0 Å². The van der Waals surface area contributed by atoms with Gasteiger partial charge in [-0.3, -0.25) is 19.8 Å². The predicted molar refractivity (Wildman–Crippen MR) is 107 cm³/mol. The van der Waals surface area contributed by atoms with Crippen LogP contribution in [0.5, 0.6) is 0 Å². The third-order valence-corrected chi connectivity index (χ3v) is 5.33. The molecular formula is C18H23ClN6O3. The Morgan fingerprint density at radius 2 is 2.21 bits per heavy atom. The molecule has 1 saturated heterocycles. The molecule has 28 heavy (non-hydrogen) atoms. The first-order valence-corrected chi connectivity index (χ1v) is 9.04. The Labute approximate surface area is 168 Å². The number of piperazine rings is 1. The van der Waals surface area contributed by atoms with Crippen LogP contribution in [0.15, 0.2) is 30.6 Å². The minimum absolute atomic E-state index is 0. The summed E-state index contributed by atoms with van der Waals surface area (Å²) in [7, 11) is 1.95. The third-order valence-electron chi connectivity index (χ3n) is 5.33. The fraction of sp³-hybridized carbons (Fsp3) is 0.444. The van der Waals surface area contributed by atoms with Crippen molar-refractivity contribution in [2.24, 2.45) is 7.05 Å². The van der Waals surface area contributed by atoms with E-state index in [0.29, 0.717) is 12.2 Å². The number of carbonyl (C=O) groups excluding carboxylic acids is 1. The van der Waals surface area contributed by atoms with Gasteiger partial charge in [-0.15, -0.1) is 12.4 Å². The van der Waals surface area contributed by atoms with Crippen LogP contribution in [0.1, 0.15) is 17.4 Å². The predicted octanol–water partition coefficient (Wildman–Crippen LogP) is 1.29. The number of fused-ring (bicyclic) bond motifs is 1. The van der Waals surface area contributed by atoms with Crippen LogP contribution in [0.4, 0.5) is 11.4 Å². The number of aromatic nitrogens is 2. The van der Waals surface area contributed by atoms with Crippen molar-refractivity contribution in [1.29, 1.82) is 0 Å². The maximum Gasteiger partial charge on any atom is 0.271 e. The summed E-state index contributed by atoms with van der Waals surface area (Å²) in [5.74, 6) is 0.891. The molecule has 0 spiro atoms. The van der Waals surface area contributed by atoms with Gasteiger partial charge in [0.05, 0.1) is 23.2 Å².